The minimum atomic E-state index is -0.957. The lowest BCUT2D eigenvalue weighted by Gasteiger charge is -2.39. The Balaban J connectivity index is 1.80. The molecule has 1 heterocycles. The Labute approximate surface area is 81.8 Å². The summed E-state index contributed by atoms with van der Waals surface area (Å²) in [6.07, 6.45) is 2.60. The molecular formula is C10H14FNS. The Morgan fingerprint density at radius 3 is 2.92 bits per heavy atom. The van der Waals surface area contributed by atoms with Gasteiger partial charge in [0.15, 0.2) is 0 Å². The van der Waals surface area contributed by atoms with E-state index in [0.717, 1.165) is 6.42 Å². The van der Waals surface area contributed by atoms with Crippen LogP contribution in [-0.2, 0) is 6.42 Å². The summed E-state index contributed by atoms with van der Waals surface area (Å²) in [4.78, 5) is 0. The van der Waals surface area contributed by atoms with Gasteiger partial charge in [0.05, 0.1) is 0 Å². The molecule has 0 unspecified atom stereocenters. The second kappa shape index (κ2) is 3.39. The van der Waals surface area contributed by atoms with E-state index in [2.05, 4.69) is 11.4 Å². The summed E-state index contributed by atoms with van der Waals surface area (Å²) in [6.45, 7) is 0. The highest BCUT2D eigenvalue weighted by molar-refractivity contribution is 7.07. The minimum absolute atomic E-state index is 0.104. The van der Waals surface area contributed by atoms with Crippen LogP contribution in [0.2, 0.25) is 0 Å². The predicted octanol–water partition coefficient (Wildman–Crippen LogP) is 2.51. The monoisotopic (exact) mass is 199 g/mol. The molecule has 13 heavy (non-hydrogen) atoms. The van der Waals surface area contributed by atoms with Crippen LogP contribution in [0, 0.1) is 0 Å². The van der Waals surface area contributed by atoms with Crippen molar-refractivity contribution < 1.29 is 4.39 Å². The number of alkyl halides is 1. The van der Waals surface area contributed by atoms with Crippen molar-refractivity contribution in [3.8, 4) is 0 Å². The smallest absolute Gasteiger partial charge is 0.114 e. The molecule has 1 aliphatic carbocycles. The molecule has 3 heteroatoms. The van der Waals surface area contributed by atoms with E-state index in [4.69, 9.17) is 5.73 Å². The first-order chi connectivity index (χ1) is 6.18. The summed E-state index contributed by atoms with van der Waals surface area (Å²) in [5.41, 5.74) is 5.86. The summed E-state index contributed by atoms with van der Waals surface area (Å²) in [5.74, 6) is 0. The molecule has 0 atom stereocenters. The maximum atomic E-state index is 13.7. The predicted molar refractivity (Wildman–Crippen MR) is 53.7 cm³/mol. The van der Waals surface area contributed by atoms with Crippen LogP contribution in [0.25, 0.3) is 0 Å². The van der Waals surface area contributed by atoms with Crippen molar-refractivity contribution in [2.45, 2.75) is 37.4 Å². The third-order valence-corrected chi connectivity index (χ3v) is 3.43. The average Bonchev–Trinajstić information content (AvgIpc) is 2.50. The number of hydrogen-bond donors (Lipinski definition) is 1. The standard InChI is InChI=1S/C10H14FNS/c11-10(5-9(12)6-10)3-1-8-2-4-13-7-8/h2,4,7,9H,1,3,5-6,12H2. The highest BCUT2D eigenvalue weighted by atomic mass is 32.1. The van der Waals surface area contributed by atoms with Crippen LogP contribution in [0.3, 0.4) is 0 Å². The van der Waals surface area contributed by atoms with Gasteiger partial charge in [0, 0.05) is 6.04 Å². The van der Waals surface area contributed by atoms with Gasteiger partial charge in [-0.2, -0.15) is 11.3 Å². The van der Waals surface area contributed by atoms with E-state index in [1.54, 1.807) is 11.3 Å². The van der Waals surface area contributed by atoms with Crippen LogP contribution in [0.15, 0.2) is 16.8 Å². The Hall–Kier alpha value is -0.410. The zero-order chi connectivity index (χ0) is 9.31. The number of halogens is 1. The van der Waals surface area contributed by atoms with Crippen molar-refractivity contribution in [2.75, 3.05) is 0 Å². The molecule has 0 saturated heterocycles. The average molecular weight is 199 g/mol. The third-order valence-electron chi connectivity index (χ3n) is 2.70. The minimum Gasteiger partial charge on any atom is -0.327 e. The molecule has 0 aromatic carbocycles. The Morgan fingerprint density at radius 2 is 2.38 bits per heavy atom. The Bertz CT molecular complexity index is 264. The number of thiophene rings is 1. The first-order valence-electron chi connectivity index (χ1n) is 4.64. The molecule has 0 spiro atoms. The summed E-state index contributed by atoms with van der Waals surface area (Å²) in [6, 6.07) is 2.17. The quantitative estimate of drug-likeness (QED) is 0.795. The van der Waals surface area contributed by atoms with Crippen molar-refractivity contribution in [3.63, 3.8) is 0 Å². The lowest BCUT2D eigenvalue weighted by molar-refractivity contribution is 0.0354. The fraction of sp³-hybridized carbons (Fsp3) is 0.600. The maximum absolute atomic E-state index is 13.7. The summed E-state index contributed by atoms with van der Waals surface area (Å²) in [5, 5.41) is 4.12. The van der Waals surface area contributed by atoms with E-state index < -0.39 is 5.67 Å². The van der Waals surface area contributed by atoms with Gasteiger partial charge in [-0.3, -0.25) is 0 Å². The van der Waals surface area contributed by atoms with Gasteiger partial charge in [0.1, 0.15) is 5.67 Å². The van der Waals surface area contributed by atoms with Crippen LogP contribution in [0.1, 0.15) is 24.8 Å². The SMILES string of the molecule is NC1CC(F)(CCc2ccsc2)C1. The zero-order valence-corrected chi connectivity index (χ0v) is 8.32. The topological polar surface area (TPSA) is 26.0 Å². The number of hydrogen-bond acceptors (Lipinski definition) is 2. The maximum Gasteiger partial charge on any atom is 0.114 e. The second-order valence-electron chi connectivity index (χ2n) is 3.95. The molecule has 1 aromatic rings. The summed E-state index contributed by atoms with van der Waals surface area (Å²) < 4.78 is 13.7. The number of nitrogens with two attached hydrogens (primary N) is 1. The fourth-order valence-electron chi connectivity index (χ4n) is 1.89. The fourth-order valence-corrected chi connectivity index (χ4v) is 2.59. The van der Waals surface area contributed by atoms with Gasteiger partial charge in [0.25, 0.3) is 0 Å². The second-order valence-corrected chi connectivity index (χ2v) is 4.73. The van der Waals surface area contributed by atoms with E-state index >= 15 is 0 Å². The first kappa shape index (κ1) is 9.16. The lowest BCUT2D eigenvalue weighted by Crippen LogP contribution is -2.48. The Kier molecular flexibility index (Phi) is 2.39. The van der Waals surface area contributed by atoms with Gasteiger partial charge in [0.2, 0.25) is 0 Å². The lowest BCUT2D eigenvalue weighted by atomic mass is 9.74. The highest BCUT2D eigenvalue weighted by Crippen LogP contribution is 2.38. The molecule has 72 valence electrons. The van der Waals surface area contributed by atoms with Crippen molar-refractivity contribution >= 4 is 11.3 Å². The van der Waals surface area contributed by atoms with Gasteiger partial charge in [-0.15, -0.1) is 0 Å². The van der Waals surface area contributed by atoms with Gasteiger partial charge in [-0.1, -0.05) is 0 Å². The van der Waals surface area contributed by atoms with Crippen molar-refractivity contribution in [1.82, 2.24) is 0 Å². The van der Waals surface area contributed by atoms with E-state index in [1.165, 1.54) is 5.56 Å². The summed E-state index contributed by atoms with van der Waals surface area (Å²) in [7, 11) is 0. The number of rotatable bonds is 3. The third kappa shape index (κ3) is 2.09. The van der Waals surface area contributed by atoms with Gasteiger partial charge in [-0.25, -0.2) is 4.39 Å². The molecule has 1 aliphatic rings. The van der Waals surface area contributed by atoms with Crippen molar-refractivity contribution in [2.24, 2.45) is 5.73 Å². The Morgan fingerprint density at radius 1 is 1.62 bits per heavy atom. The summed E-state index contributed by atoms with van der Waals surface area (Å²) >= 11 is 1.67. The molecular weight excluding hydrogens is 185 g/mol. The normalized spacial score (nSPS) is 32.9. The van der Waals surface area contributed by atoms with Crippen molar-refractivity contribution in [3.05, 3.63) is 22.4 Å². The molecule has 0 amide bonds. The molecule has 0 radical (unpaired) electrons. The van der Waals surface area contributed by atoms with Gasteiger partial charge >= 0.3 is 0 Å². The molecule has 0 aliphatic heterocycles. The van der Waals surface area contributed by atoms with E-state index in [9.17, 15) is 4.39 Å². The molecule has 1 aromatic heterocycles. The van der Waals surface area contributed by atoms with Crippen LogP contribution >= 0.6 is 11.3 Å². The van der Waals surface area contributed by atoms with Crippen molar-refractivity contribution in [1.29, 1.82) is 0 Å². The highest BCUT2D eigenvalue weighted by Gasteiger charge is 2.42. The van der Waals surface area contributed by atoms with Crippen LogP contribution < -0.4 is 5.73 Å². The zero-order valence-electron chi connectivity index (χ0n) is 7.50. The molecule has 2 rings (SSSR count). The van der Waals surface area contributed by atoms with E-state index in [1.807, 2.05) is 5.38 Å². The molecule has 1 fully saturated rings. The molecule has 1 nitrogen and oxygen atoms in total. The van der Waals surface area contributed by atoms with Gasteiger partial charge < -0.3 is 5.73 Å². The number of aryl methyl sites for hydroxylation is 1. The largest absolute Gasteiger partial charge is 0.327 e. The van der Waals surface area contributed by atoms with Crippen LogP contribution in [-0.4, -0.2) is 11.7 Å². The molecule has 0 bridgehead atoms. The van der Waals surface area contributed by atoms with Gasteiger partial charge in [-0.05, 0) is 48.1 Å². The molecule has 1 saturated carbocycles. The first-order valence-corrected chi connectivity index (χ1v) is 5.58. The van der Waals surface area contributed by atoms with E-state index in [-0.39, 0.29) is 6.04 Å². The van der Waals surface area contributed by atoms with E-state index in [0.29, 0.717) is 19.3 Å². The van der Waals surface area contributed by atoms with Crippen LogP contribution in [0.5, 0.6) is 0 Å². The van der Waals surface area contributed by atoms with Crippen LogP contribution in [0.4, 0.5) is 4.39 Å². The molecule has 2 N–H and O–H groups in total.